The molecule has 5 nitrogen and oxygen atoms in total. The van der Waals surface area contributed by atoms with E-state index in [0.717, 1.165) is 5.56 Å². The number of rotatable bonds is 6. The highest BCUT2D eigenvalue weighted by molar-refractivity contribution is 7.91. The van der Waals surface area contributed by atoms with Gasteiger partial charge in [-0.25, -0.2) is 12.8 Å². The molecular formula is C16H17FN2O3S. The SMILES string of the molecule is CNC(=O)Cc1ccc(NS(=O)(=O)Cc2ccc(F)cc2)cc1. The Hall–Kier alpha value is -2.41. The van der Waals surface area contributed by atoms with Crippen molar-refractivity contribution in [2.24, 2.45) is 0 Å². The van der Waals surface area contributed by atoms with Crippen LogP contribution in [-0.2, 0) is 27.0 Å². The van der Waals surface area contributed by atoms with Crippen molar-refractivity contribution in [3.8, 4) is 0 Å². The quantitative estimate of drug-likeness (QED) is 0.848. The highest BCUT2D eigenvalue weighted by Crippen LogP contribution is 2.14. The van der Waals surface area contributed by atoms with Gasteiger partial charge in [0.2, 0.25) is 15.9 Å². The summed E-state index contributed by atoms with van der Waals surface area (Å²) in [5, 5.41) is 2.52. The minimum atomic E-state index is -3.59. The lowest BCUT2D eigenvalue weighted by atomic mass is 10.1. The molecule has 2 N–H and O–H groups in total. The fourth-order valence-corrected chi connectivity index (χ4v) is 3.18. The Bertz CT molecular complexity index is 772. The molecule has 2 rings (SSSR count). The number of hydrogen-bond acceptors (Lipinski definition) is 3. The van der Waals surface area contributed by atoms with Gasteiger partial charge in [0.1, 0.15) is 5.82 Å². The van der Waals surface area contributed by atoms with Crippen LogP contribution in [-0.4, -0.2) is 21.4 Å². The maximum absolute atomic E-state index is 12.8. The zero-order chi connectivity index (χ0) is 16.9. The Morgan fingerprint density at radius 2 is 1.57 bits per heavy atom. The molecule has 0 heterocycles. The number of nitrogens with one attached hydrogen (secondary N) is 2. The van der Waals surface area contributed by atoms with Gasteiger partial charge in [-0.15, -0.1) is 0 Å². The maximum atomic E-state index is 12.8. The molecule has 0 atom stereocenters. The Balaban J connectivity index is 2.02. The minimum absolute atomic E-state index is 0.116. The maximum Gasteiger partial charge on any atom is 0.236 e. The van der Waals surface area contributed by atoms with Crippen LogP contribution >= 0.6 is 0 Å². The van der Waals surface area contributed by atoms with Crippen molar-refractivity contribution in [1.29, 1.82) is 0 Å². The van der Waals surface area contributed by atoms with Gasteiger partial charge in [-0.2, -0.15) is 0 Å². The monoisotopic (exact) mass is 336 g/mol. The van der Waals surface area contributed by atoms with Crippen molar-refractivity contribution < 1.29 is 17.6 Å². The lowest BCUT2D eigenvalue weighted by molar-refractivity contribution is -0.119. The lowest BCUT2D eigenvalue weighted by Crippen LogP contribution is -2.20. The Kier molecular flexibility index (Phi) is 5.33. The molecule has 0 spiro atoms. The molecular weight excluding hydrogens is 319 g/mol. The van der Waals surface area contributed by atoms with Gasteiger partial charge in [0, 0.05) is 12.7 Å². The Morgan fingerprint density at radius 1 is 1.00 bits per heavy atom. The first-order valence-electron chi connectivity index (χ1n) is 6.92. The van der Waals surface area contributed by atoms with Crippen LogP contribution in [0.25, 0.3) is 0 Å². The van der Waals surface area contributed by atoms with Gasteiger partial charge < -0.3 is 5.32 Å². The van der Waals surface area contributed by atoms with E-state index in [-0.39, 0.29) is 18.1 Å². The number of amides is 1. The summed E-state index contributed by atoms with van der Waals surface area (Å²) in [6, 6.07) is 11.9. The van der Waals surface area contributed by atoms with Crippen LogP contribution < -0.4 is 10.0 Å². The Morgan fingerprint density at radius 3 is 2.13 bits per heavy atom. The number of sulfonamides is 1. The van der Waals surface area contributed by atoms with Crippen molar-refractivity contribution in [3.05, 3.63) is 65.5 Å². The molecule has 0 aromatic heterocycles. The van der Waals surface area contributed by atoms with Gasteiger partial charge in [-0.3, -0.25) is 9.52 Å². The molecule has 122 valence electrons. The summed E-state index contributed by atoms with van der Waals surface area (Å²) in [5.74, 6) is -0.770. The molecule has 2 aromatic carbocycles. The first-order valence-corrected chi connectivity index (χ1v) is 8.57. The molecule has 2 aromatic rings. The van der Waals surface area contributed by atoms with Crippen LogP contribution in [0.15, 0.2) is 48.5 Å². The lowest BCUT2D eigenvalue weighted by Gasteiger charge is -2.09. The number of hydrogen-bond donors (Lipinski definition) is 2. The van der Waals surface area contributed by atoms with E-state index in [1.54, 1.807) is 31.3 Å². The van der Waals surface area contributed by atoms with Gasteiger partial charge in [0.15, 0.2) is 0 Å². The molecule has 0 aliphatic carbocycles. The second-order valence-electron chi connectivity index (χ2n) is 5.03. The first kappa shape index (κ1) is 17.0. The predicted octanol–water partition coefficient (Wildman–Crippen LogP) is 2.06. The summed E-state index contributed by atoms with van der Waals surface area (Å²) < 4.78 is 39.5. The van der Waals surface area contributed by atoms with Crippen molar-refractivity contribution >= 4 is 21.6 Å². The molecule has 0 aliphatic rings. The van der Waals surface area contributed by atoms with E-state index in [2.05, 4.69) is 10.0 Å². The zero-order valence-electron chi connectivity index (χ0n) is 12.5. The standard InChI is InChI=1S/C16H17FN2O3S/c1-18-16(20)10-12-4-8-15(9-5-12)19-23(21,22)11-13-2-6-14(17)7-3-13/h2-9,19H,10-11H2,1H3,(H,18,20). The fraction of sp³-hybridized carbons (Fsp3) is 0.188. The highest BCUT2D eigenvalue weighted by atomic mass is 32.2. The van der Waals surface area contributed by atoms with Gasteiger partial charge in [-0.1, -0.05) is 24.3 Å². The molecule has 23 heavy (non-hydrogen) atoms. The molecule has 7 heteroatoms. The molecule has 0 fully saturated rings. The minimum Gasteiger partial charge on any atom is -0.359 e. The third-order valence-electron chi connectivity index (χ3n) is 3.14. The predicted molar refractivity (Wildman–Crippen MR) is 86.9 cm³/mol. The smallest absolute Gasteiger partial charge is 0.236 e. The summed E-state index contributed by atoms with van der Waals surface area (Å²) in [7, 11) is -2.04. The molecule has 0 radical (unpaired) electrons. The summed E-state index contributed by atoms with van der Waals surface area (Å²) in [5.41, 5.74) is 1.69. The van der Waals surface area contributed by atoms with E-state index in [1.165, 1.54) is 24.3 Å². The van der Waals surface area contributed by atoms with E-state index in [9.17, 15) is 17.6 Å². The number of carbonyl (C=O) groups is 1. The number of halogens is 1. The molecule has 0 bridgehead atoms. The summed E-state index contributed by atoms with van der Waals surface area (Å²) in [6.07, 6.45) is 0.235. The van der Waals surface area contributed by atoms with E-state index in [0.29, 0.717) is 11.3 Å². The van der Waals surface area contributed by atoms with Crippen LogP contribution in [0.5, 0.6) is 0 Å². The molecule has 1 amide bonds. The summed E-state index contributed by atoms with van der Waals surface area (Å²) in [6.45, 7) is 0. The molecule has 0 saturated heterocycles. The third kappa shape index (κ3) is 5.37. The third-order valence-corrected chi connectivity index (χ3v) is 4.40. The average Bonchev–Trinajstić information content (AvgIpc) is 2.51. The van der Waals surface area contributed by atoms with Crippen LogP contribution in [0.4, 0.5) is 10.1 Å². The summed E-state index contributed by atoms with van der Waals surface area (Å²) in [4.78, 5) is 11.3. The second kappa shape index (κ2) is 7.23. The summed E-state index contributed by atoms with van der Waals surface area (Å²) >= 11 is 0. The van der Waals surface area contributed by atoms with E-state index in [1.807, 2.05) is 0 Å². The van der Waals surface area contributed by atoms with Crippen molar-refractivity contribution in [2.75, 3.05) is 11.8 Å². The van der Waals surface area contributed by atoms with Gasteiger partial charge >= 0.3 is 0 Å². The zero-order valence-corrected chi connectivity index (χ0v) is 13.4. The van der Waals surface area contributed by atoms with E-state index >= 15 is 0 Å². The highest BCUT2D eigenvalue weighted by Gasteiger charge is 2.12. The van der Waals surface area contributed by atoms with Crippen molar-refractivity contribution in [1.82, 2.24) is 5.32 Å². The van der Waals surface area contributed by atoms with E-state index < -0.39 is 15.8 Å². The topological polar surface area (TPSA) is 75.3 Å². The number of likely N-dealkylation sites (N-methyl/N-ethyl adjacent to an activating group) is 1. The number of benzene rings is 2. The Labute approximate surface area is 134 Å². The van der Waals surface area contributed by atoms with Crippen LogP contribution in [0.1, 0.15) is 11.1 Å². The van der Waals surface area contributed by atoms with Crippen molar-refractivity contribution in [3.63, 3.8) is 0 Å². The van der Waals surface area contributed by atoms with Crippen molar-refractivity contribution in [2.45, 2.75) is 12.2 Å². The first-order chi connectivity index (χ1) is 10.9. The van der Waals surface area contributed by atoms with Gasteiger partial charge in [0.25, 0.3) is 0 Å². The fourth-order valence-electron chi connectivity index (χ4n) is 1.98. The van der Waals surface area contributed by atoms with Crippen LogP contribution in [0, 0.1) is 5.82 Å². The van der Waals surface area contributed by atoms with Crippen LogP contribution in [0.2, 0.25) is 0 Å². The molecule has 0 unspecified atom stereocenters. The second-order valence-corrected chi connectivity index (χ2v) is 6.76. The van der Waals surface area contributed by atoms with Gasteiger partial charge in [0.05, 0.1) is 12.2 Å². The largest absolute Gasteiger partial charge is 0.359 e. The average molecular weight is 336 g/mol. The molecule has 0 saturated carbocycles. The van der Waals surface area contributed by atoms with Crippen LogP contribution in [0.3, 0.4) is 0 Å². The van der Waals surface area contributed by atoms with Gasteiger partial charge in [-0.05, 0) is 35.4 Å². The number of carbonyl (C=O) groups excluding carboxylic acids is 1. The van der Waals surface area contributed by atoms with E-state index in [4.69, 9.17) is 0 Å². The molecule has 0 aliphatic heterocycles. The number of anilines is 1. The normalized spacial score (nSPS) is 11.0.